The fourth-order valence-corrected chi connectivity index (χ4v) is 1.50. The van der Waals surface area contributed by atoms with Gasteiger partial charge < -0.3 is 0 Å². The fraction of sp³-hybridized carbons (Fsp3) is 0.167. The smallest absolute Gasteiger partial charge is 0.171 e. The van der Waals surface area contributed by atoms with Crippen LogP contribution in [0, 0.1) is 5.82 Å². The topological polar surface area (TPSA) is 34.9 Å². The van der Waals surface area contributed by atoms with Gasteiger partial charge in [0.15, 0.2) is 5.78 Å². The van der Waals surface area contributed by atoms with Crippen LogP contribution in [0.4, 0.5) is 4.39 Å². The second-order valence-electron chi connectivity index (χ2n) is 3.56. The zero-order chi connectivity index (χ0) is 11.5. The Labute approximate surface area is 92.5 Å². The van der Waals surface area contributed by atoms with E-state index in [9.17, 15) is 9.18 Å². The van der Waals surface area contributed by atoms with E-state index in [4.69, 9.17) is 0 Å². The molecule has 82 valence electrons. The molecule has 0 atom stereocenters. The second kappa shape index (κ2) is 4.26. The molecule has 0 N–H and O–H groups in total. The Morgan fingerprint density at radius 2 is 2.12 bits per heavy atom. The molecule has 0 amide bonds. The number of halogens is 1. The van der Waals surface area contributed by atoms with E-state index in [0.29, 0.717) is 5.69 Å². The largest absolute Gasteiger partial charge is 0.294 e. The summed E-state index contributed by atoms with van der Waals surface area (Å²) in [5.41, 5.74) is 0.768. The molecular weight excluding hydrogens is 207 g/mol. The number of ketones is 1. The van der Waals surface area contributed by atoms with Crippen LogP contribution in [-0.2, 0) is 13.5 Å². The summed E-state index contributed by atoms with van der Waals surface area (Å²) >= 11 is 0. The summed E-state index contributed by atoms with van der Waals surface area (Å²) in [6.45, 7) is 0. The molecule has 0 aliphatic rings. The number of Topliss-reactive ketones (excluding diaryl/α,β-unsaturated/α-hetero) is 1. The zero-order valence-electron chi connectivity index (χ0n) is 8.85. The molecule has 1 aromatic carbocycles. The molecule has 16 heavy (non-hydrogen) atoms. The monoisotopic (exact) mass is 218 g/mol. The van der Waals surface area contributed by atoms with Crippen molar-refractivity contribution in [3.63, 3.8) is 0 Å². The second-order valence-corrected chi connectivity index (χ2v) is 3.56. The summed E-state index contributed by atoms with van der Waals surface area (Å²) in [6.07, 6.45) is 1.88. The first kappa shape index (κ1) is 10.5. The highest BCUT2D eigenvalue weighted by Gasteiger charge is 2.12. The van der Waals surface area contributed by atoms with Gasteiger partial charge in [-0.15, -0.1) is 0 Å². The number of aromatic nitrogens is 2. The van der Waals surface area contributed by atoms with Gasteiger partial charge in [-0.05, 0) is 18.2 Å². The normalized spacial score (nSPS) is 10.4. The van der Waals surface area contributed by atoms with Crippen molar-refractivity contribution >= 4 is 5.78 Å². The Bertz CT molecular complexity index is 519. The molecule has 0 radical (unpaired) electrons. The standard InChI is InChI=1S/C12H11FN2O/c1-15-7-6-9(14-15)8-12(16)10-4-2-3-5-11(10)13/h2-7H,8H2,1H3. The third kappa shape index (κ3) is 2.16. The lowest BCUT2D eigenvalue weighted by atomic mass is 10.1. The van der Waals surface area contributed by atoms with E-state index in [1.54, 1.807) is 36.1 Å². The molecule has 0 bridgehead atoms. The van der Waals surface area contributed by atoms with Crippen LogP contribution >= 0.6 is 0 Å². The average molecular weight is 218 g/mol. The maximum atomic E-state index is 13.3. The van der Waals surface area contributed by atoms with Gasteiger partial charge in [0.25, 0.3) is 0 Å². The number of benzene rings is 1. The van der Waals surface area contributed by atoms with Crippen molar-refractivity contribution in [2.24, 2.45) is 7.05 Å². The highest BCUT2D eigenvalue weighted by atomic mass is 19.1. The third-order valence-electron chi connectivity index (χ3n) is 2.28. The Morgan fingerprint density at radius 3 is 2.75 bits per heavy atom. The summed E-state index contributed by atoms with van der Waals surface area (Å²) in [6, 6.07) is 7.73. The van der Waals surface area contributed by atoms with Crippen LogP contribution in [0.3, 0.4) is 0 Å². The van der Waals surface area contributed by atoms with Gasteiger partial charge in [-0.1, -0.05) is 12.1 Å². The number of hydrogen-bond acceptors (Lipinski definition) is 2. The predicted octanol–water partition coefficient (Wildman–Crippen LogP) is 1.98. The van der Waals surface area contributed by atoms with Crippen molar-refractivity contribution in [1.29, 1.82) is 0 Å². The molecule has 0 saturated heterocycles. The minimum Gasteiger partial charge on any atom is -0.294 e. The molecule has 4 heteroatoms. The summed E-state index contributed by atoms with van der Waals surface area (Å²) in [5, 5.41) is 4.08. The molecule has 2 rings (SSSR count). The van der Waals surface area contributed by atoms with Crippen molar-refractivity contribution in [1.82, 2.24) is 9.78 Å². The summed E-state index contributed by atoms with van der Waals surface area (Å²) in [4.78, 5) is 11.8. The van der Waals surface area contributed by atoms with E-state index in [1.807, 2.05) is 0 Å². The highest BCUT2D eigenvalue weighted by Crippen LogP contribution is 2.10. The molecule has 0 saturated carbocycles. The number of hydrogen-bond donors (Lipinski definition) is 0. The van der Waals surface area contributed by atoms with Crippen molar-refractivity contribution in [3.8, 4) is 0 Å². The number of aryl methyl sites for hydroxylation is 1. The van der Waals surface area contributed by atoms with Crippen LogP contribution in [0.5, 0.6) is 0 Å². The molecule has 0 fully saturated rings. The summed E-state index contributed by atoms with van der Waals surface area (Å²) in [7, 11) is 1.77. The van der Waals surface area contributed by atoms with Crippen LogP contribution in [0.15, 0.2) is 36.5 Å². The lowest BCUT2D eigenvalue weighted by Gasteiger charge is -1.99. The lowest BCUT2D eigenvalue weighted by molar-refractivity contribution is 0.0988. The van der Waals surface area contributed by atoms with E-state index >= 15 is 0 Å². The fourth-order valence-electron chi connectivity index (χ4n) is 1.50. The molecule has 1 aromatic heterocycles. The Morgan fingerprint density at radius 1 is 1.38 bits per heavy atom. The maximum absolute atomic E-state index is 13.3. The maximum Gasteiger partial charge on any atom is 0.171 e. The van der Waals surface area contributed by atoms with Crippen LogP contribution in [0.1, 0.15) is 16.1 Å². The van der Waals surface area contributed by atoms with Gasteiger partial charge in [0.2, 0.25) is 0 Å². The lowest BCUT2D eigenvalue weighted by Crippen LogP contribution is -2.06. The predicted molar refractivity (Wildman–Crippen MR) is 57.6 cm³/mol. The number of carbonyl (C=O) groups excluding carboxylic acids is 1. The summed E-state index contributed by atoms with van der Waals surface area (Å²) < 4.78 is 14.9. The van der Waals surface area contributed by atoms with Crippen LogP contribution in [0.2, 0.25) is 0 Å². The van der Waals surface area contributed by atoms with Gasteiger partial charge in [-0.2, -0.15) is 5.10 Å². The SMILES string of the molecule is Cn1ccc(CC(=O)c2ccccc2F)n1. The zero-order valence-corrected chi connectivity index (χ0v) is 8.85. The van der Waals surface area contributed by atoms with Crippen LogP contribution < -0.4 is 0 Å². The average Bonchev–Trinajstić information content (AvgIpc) is 2.64. The van der Waals surface area contributed by atoms with Gasteiger partial charge in [0.1, 0.15) is 5.82 Å². The minimum atomic E-state index is -0.483. The molecule has 0 spiro atoms. The Hall–Kier alpha value is -1.97. The van der Waals surface area contributed by atoms with E-state index in [0.717, 1.165) is 0 Å². The molecule has 0 aliphatic heterocycles. The number of nitrogens with zero attached hydrogens (tertiary/aromatic N) is 2. The van der Waals surface area contributed by atoms with Crippen LogP contribution in [0.25, 0.3) is 0 Å². The molecule has 1 heterocycles. The third-order valence-corrected chi connectivity index (χ3v) is 2.28. The van der Waals surface area contributed by atoms with E-state index in [2.05, 4.69) is 5.10 Å². The first-order chi connectivity index (χ1) is 7.66. The number of rotatable bonds is 3. The Kier molecular flexibility index (Phi) is 2.81. The van der Waals surface area contributed by atoms with E-state index in [-0.39, 0.29) is 17.8 Å². The van der Waals surface area contributed by atoms with Crippen molar-refractivity contribution in [3.05, 3.63) is 53.6 Å². The van der Waals surface area contributed by atoms with Gasteiger partial charge in [-0.3, -0.25) is 9.48 Å². The number of carbonyl (C=O) groups is 1. The molecule has 0 unspecified atom stereocenters. The molecule has 0 aliphatic carbocycles. The van der Waals surface area contributed by atoms with Crippen molar-refractivity contribution in [2.45, 2.75) is 6.42 Å². The van der Waals surface area contributed by atoms with Gasteiger partial charge >= 0.3 is 0 Å². The highest BCUT2D eigenvalue weighted by molar-refractivity contribution is 5.97. The van der Waals surface area contributed by atoms with E-state index in [1.165, 1.54) is 12.1 Å². The summed E-state index contributed by atoms with van der Waals surface area (Å²) in [5.74, 6) is -0.736. The molecule has 2 aromatic rings. The van der Waals surface area contributed by atoms with Gasteiger partial charge in [0, 0.05) is 13.2 Å². The van der Waals surface area contributed by atoms with Crippen molar-refractivity contribution < 1.29 is 9.18 Å². The van der Waals surface area contributed by atoms with E-state index < -0.39 is 5.82 Å². The minimum absolute atomic E-state index is 0.119. The van der Waals surface area contributed by atoms with Gasteiger partial charge in [-0.25, -0.2) is 4.39 Å². The quantitative estimate of drug-likeness (QED) is 0.738. The molecule has 3 nitrogen and oxygen atoms in total. The van der Waals surface area contributed by atoms with Crippen molar-refractivity contribution in [2.75, 3.05) is 0 Å². The first-order valence-electron chi connectivity index (χ1n) is 4.93. The van der Waals surface area contributed by atoms with Gasteiger partial charge in [0.05, 0.1) is 17.7 Å². The Balaban J connectivity index is 2.18. The first-order valence-corrected chi connectivity index (χ1v) is 4.93. The van der Waals surface area contributed by atoms with Crippen LogP contribution in [-0.4, -0.2) is 15.6 Å². The molecular formula is C12H11FN2O.